The fourth-order valence-electron chi connectivity index (χ4n) is 3.30. The van der Waals surface area contributed by atoms with Gasteiger partial charge in [-0.05, 0) is 44.2 Å². The lowest BCUT2D eigenvalue weighted by atomic mass is 9.99. The number of aromatic nitrogens is 2. The smallest absolute Gasteiger partial charge is 0.317 e. The number of amides is 2. The lowest BCUT2D eigenvalue weighted by Crippen LogP contribution is -2.36. The van der Waals surface area contributed by atoms with Crippen molar-refractivity contribution in [2.45, 2.75) is 46.7 Å². The van der Waals surface area contributed by atoms with Crippen LogP contribution in [-0.4, -0.2) is 41.2 Å². The van der Waals surface area contributed by atoms with Crippen LogP contribution in [0.1, 0.15) is 42.3 Å². The summed E-state index contributed by atoms with van der Waals surface area (Å²) in [6.07, 6.45) is 4.29. The van der Waals surface area contributed by atoms with Crippen LogP contribution in [0, 0.1) is 19.8 Å². The lowest BCUT2D eigenvalue weighted by molar-refractivity contribution is 0.206. The van der Waals surface area contributed by atoms with Crippen molar-refractivity contribution in [2.75, 3.05) is 25.0 Å². The molecule has 3 rings (SSSR count). The topological polar surface area (TPSA) is 74.5 Å². The number of carbonyl (C=O) groups is 1. The minimum Gasteiger partial charge on any atom is -0.361 e. The number of nitrogens with zero attached hydrogens (tertiary/aromatic N) is 4. The molecule has 7 nitrogen and oxygen atoms in total. The average Bonchev–Trinajstić information content (AvgIpc) is 2.99. The average molecular weight is 371 g/mol. The van der Waals surface area contributed by atoms with Gasteiger partial charge in [0.05, 0.1) is 12.2 Å². The van der Waals surface area contributed by atoms with Crippen molar-refractivity contribution in [3.63, 3.8) is 0 Å². The molecule has 1 aliphatic rings. The van der Waals surface area contributed by atoms with Crippen molar-refractivity contribution in [1.82, 2.24) is 20.4 Å². The first-order valence-electron chi connectivity index (χ1n) is 9.54. The van der Waals surface area contributed by atoms with Crippen LogP contribution in [0.5, 0.6) is 0 Å². The van der Waals surface area contributed by atoms with Crippen molar-refractivity contribution < 1.29 is 9.32 Å². The standard InChI is InChI=1S/C20H29N5O2/c1-14-7-9-25(10-8-14)19-6-5-17(11-21-19)12-22-20(26)24(4)13-18-15(2)23-27-16(18)3/h5-6,11,14H,7-10,12-13H2,1-4H3,(H,22,26). The van der Waals surface area contributed by atoms with Gasteiger partial charge in [0, 0.05) is 38.4 Å². The normalized spacial score (nSPS) is 15.0. The molecule has 1 fully saturated rings. The van der Waals surface area contributed by atoms with E-state index in [0.717, 1.165) is 47.4 Å². The van der Waals surface area contributed by atoms with Crippen LogP contribution in [-0.2, 0) is 13.1 Å². The van der Waals surface area contributed by atoms with Gasteiger partial charge in [-0.2, -0.15) is 0 Å². The summed E-state index contributed by atoms with van der Waals surface area (Å²) in [4.78, 5) is 20.9. The molecule has 3 heterocycles. The van der Waals surface area contributed by atoms with Crippen molar-refractivity contribution in [1.29, 1.82) is 0 Å². The second-order valence-electron chi connectivity index (χ2n) is 7.51. The minimum absolute atomic E-state index is 0.135. The van der Waals surface area contributed by atoms with E-state index >= 15 is 0 Å². The molecule has 2 amide bonds. The molecule has 2 aromatic heterocycles. The van der Waals surface area contributed by atoms with Gasteiger partial charge in [0.25, 0.3) is 0 Å². The zero-order chi connectivity index (χ0) is 19.4. The molecule has 0 saturated carbocycles. The predicted octanol–water partition coefficient (Wildman–Crippen LogP) is 3.26. The summed E-state index contributed by atoms with van der Waals surface area (Å²) >= 11 is 0. The van der Waals surface area contributed by atoms with Crippen LogP contribution in [0.4, 0.5) is 10.6 Å². The minimum atomic E-state index is -0.135. The number of anilines is 1. The first-order chi connectivity index (χ1) is 12.9. The van der Waals surface area contributed by atoms with E-state index in [-0.39, 0.29) is 6.03 Å². The number of carbonyl (C=O) groups excluding carboxylic acids is 1. The number of pyridine rings is 1. The van der Waals surface area contributed by atoms with Gasteiger partial charge in [-0.3, -0.25) is 0 Å². The van der Waals surface area contributed by atoms with Gasteiger partial charge >= 0.3 is 6.03 Å². The zero-order valence-electron chi connectivity index (χ0n) is 16.7. The predicted molar refractivity (Wildman–Crippen MR) is 105 cm³/mol. The number of nitrogens with one attached hydrogen (secondary N) is 1. The van der Waals surface area contributed by atoms with Crippen LogP contribution in [0.15, 0.2) is 22.9 Å². The number of piperidine rings is 1. The number of urea groups is 1. The molecule has 1 aliphatic heterocycles. The zero-order valence-corrected chi connectivity index (χ0v) is 16.7. The Morgan fingerprint density at radius 3 is 2.67 bits per heavy atom. The molecule has 27 heavy (non-hydrogen) atoms. The molecule has 0 aromatic carbocycles. The first-order valence-corrected chi connectivity index (χ1v) is 9.54. The van der Waals surface area contributed by atoms with E-state index in [0.29, 0.717) is 13.1 Å². The van der Waals surface area contributed by atoms with E-state index in [1.807, 2.05) is 32.2 Å². The Kier molecular flexibility index (Phi) is 5.98. The molecular weight excluding hydrogens is 342 g/mol. The van der Waals surface area contributed by atoms with E-state index in [4.69, 9.17) is 4.52 Å². The fourth-order valence-corrected chi connectivity index (χ4v) is 3.30. The molecule has 146 valence electrons. The third-order valence-electron chi connectivity index (χ3n) is 5.28. The Bertz CT molecular complexity index is 744. The SMILES string of the molecule is Cc1noc(C)c1CN(C)C(=O)NCc1ccc(N2CCC(C)CC2)nc1. The van der Waals surface area contributed by atoms with Crippen LogP contribution >= 0.6 is 0 Å². The second-order valence-corrected chi connectivity index (χ2v) is 7.51. The fraction of sp³-hybridized carbons (Fsp3) is 0.550. The highest BCUT2D eigenvalue weighted by molar-refractivity contribution is 5.73. The summed E-state index contributed by atoms with van der Waals surface area (Å²) < 4.78 is 5.15. The maximum absolute atomic E-state index is 12.3. The van der Waals surface area contributed by atoms with Crippen LogP contribution in [0.2, 0.25) is 0 Å². The van der Waals surface area contributed by atoms with Crippen molar-refractivity contribution >= 4 is 11.8 Å². The molecule has 0 bridgehead atoms. The monoisotopic (exact) mass is 371 g/mol. The largest absolute Gasteiger partial charge is 0.361 e. The van der Waals surface area contributed by atoms with Gasteiger partial charge in [0.1, 0.15) is 11.6 Å². The van der Waals surface area contributed by atoms with E-state index < -0.39 is 0 Å². The molecule has 0 spiro atoms. The van der Waals surface area contributed by atoms with Crippen molar-refractivity contribution in [3.05, 3.63) is 40.9 Å². The Morgan fingerprint density at radius 2 is 2.07 bits per heavy atom. The molecule has 0 radical (unpaired) electrons. The van der Waals surface area contributed by atoms with Gasteiger partial charge in [-0.15, -0.1) is 0 Å². The molecule has 1 saturated heterocycles. The highest BCUT2D eigenvalue weighted by Gasteiger charge is 2.17. The third-order valence-corrected chi connectivity index (χ3v) is 5.28. The molecule has 0 aliphatic carbocycles. The maximum Gasteiger partial charge on any atom is 0.317 e. The summed E-state index contributed by atoms with van der Waals surface area (Å²) in [7, 11) is 1.76. The lowest BCUT2D eigenvalue weighted by Gasteiger charge is -2.31. The van der Waals surface area contributed by atoms with Gasteiger partial charge in [-0.1, -0.05) is 18.1 Å². The number of hydrogen-bond donors (Lipinski definition) is 1. The molecular formula is C20H29N5O2. The van der Waals surface area contributed by atoms with Crippen molar-refractivity contribution in [3.8, 4) is 0 Å². The van der Waals surface area contributed by atoms with Gasteiger partial charge in [0.2, 0.25) is 0 Å². The third kappa shape index (κ3) is 4.78. The van der Waals surface area contributed by atoms with Crippen LogP contribution in [0.3, 0.4) is 0 Å². The number of hydrogen-bond acceptors (Lipinski definition) is 5. The summed E-state index contributed by atoms with van der Waals surface area (Å²) in [5.41, 5.74) is 2.76. The molecule has 0 atom stereocenters. The highest BCUT2D eigenvalue weighted by Crippen LogP contribution is 2.21. The second kappa shape index (κ2) is 8.41. The Balaban J connectivity index is 1.50. The molecule has 7 heteroatoms. The number of rotatable bonds is 5. The summed E-state index contributed by atoms with van der Waals surface area (Å²) in [5.74, 6) is 2.57. The van der Waals surface area contributed by atoms with E-state index in [1.54, 1.807) is 11.9 Å². The summed E-state index contributed by atoms with van der Waals surface area (Å²) in [6.45, 7) is 9.10. The summed E-state index contributed by atoms with van der Waals surface area (Å²) in [5, 5.41) is 6.86. The molecule has 1 N–H and O–H groups in total. The summed E-state index contributed by atoms with van der Waals surface area (Å²) in [6, 6.07) is 3.95. The Hall–Kier alpha value is -2.57. The van der Waals surface area contributed by atoms with E-state index in [9.17, 15) is 4.79 Å². The van der Waals surface area contributed by atoms with E-state index in [1.165, 1.54) is 12.8 Å². The quantitative estimate of drug-likeness (QED) is 0.873. The first kappa shape index (κ1) is 19.2. The Morgan fingerprint density at radius 1 is 1.33 bits per heavy atom. The van der Waals surface area contributed by atoms with Crippen LogP contribution < -0.4 is 10.2 Å². The van der Waals surface area contributed by atoms with Gasteiger partial charge in [0.15, 0.2) is 0 Å². The molecule has 2 aromatic rings. The van der Waals surface area contributed by atoms with E-state index in [2.05, 4.69) is 27.3 Å². The van der Waals surface area contributed by atoms with Gasteiger partial charge < -0.3 is 19.6 Å². The van der Waals surface area contributed by atoms with Gasteiger partial charge in [-0.25, -0.2) is 9.78 Å². The number of aryl methyl sites for hydroxylation is 2. The molecule has 0 unspecified atom stereocenters. The highest BCUT2D eigenvalue weighted by atomic mass is 16.5. The van der Waals surface area contributed by atoms with Crippen LogP contribution in [0.25, 0.3) is 0 Å². The Labute approximate surface area is 160 Å². The van der Waals surface area contributed by atoms with Crippen molar-refractivity contribution in [2.24, 2.45) is 5.92 Å². The maximum atomic E-state index is 12.3.